The van der Waals surface area contributed by atoms with Crippen LogP contribution in [0.4, 0.5) is 0 Å². The smallest absolute Gasteiger partial charge is 0.0326 e. The van der Waals surface area contributed by atoms with Gasteiger partial charge in [-0.15, -0.1) is 0 Å². The second-order valence-corrected chi connectivity index (χ2v) is 4.70. The monoisotopic (exact) mass is 187 g/mol. The first-order valence-corrected chi connectivity index (χ1v) is 5.72. The van der Waals surface area contributed by atoms with Crippen molar-refractivity contribution in [2.45, 2.75) is 38.1 Å². The molecule has 0 heterocycles. The topological polar surface area (TPSA) is 26.0 Å². The van der Waals surface area contributed by atoms with Gasteiger partial charge in [-0.25, -0.2) is 0 Å². The summed E-state index contributed by atoms with van der Waals surface area (Å²) in [5.74, 6) is 0.780. The third-order valence-electron chi connectivity index (χ3n) is 3.67. The fourth-order valence-electron chi connectivity index (χ4n) is 2.67. The zero-order valence-electron chi connectivity index (χ0n) is 8.50. The van der Waals surface area contributed by atoms with Crippen LogP contribution < -0.4 is 5.73 Å². The van der Waals surface area contributed by atoms with Crippen molar-refractivity contribution in [3.8, 4) is 0 Å². The molecule has 2 N–H and O–H groups in total. The minimum Gasteiger partial charge on any atom is -0.324 e. The van der Waals surface area contributed by atoms with Crippen molar-refractivity contribution in [1.29, 1.82) is 0 Å². The molecule has 1 unspecified atom stereocenters. The van der Waals surface area contributed by atoms with Gasteiger partial charge in [0.1, 0.15) is 0 Å². The Hall–Kier alpha value is -0.820. The van der Waals surface area contributed by atoms with Crippen molar-refractivity contribution >= 4 is 0 Å². The average molecular weight is 187 g/mol. The second-order valence-electron chi connectivity index (χ2n) is 4.70. The molecule has 1 fully saturated rings. The molecule has 1 atom stereocenters. The van der Waals surface area contributed by atoms with E-state index in [0.29, 0.717) is 6.04 Å². The Kier molecular flexibility index (Phi) is 1.88. The normalized spacial score (nSPS) is 22.1. The number of rotatable bonds is 2. The fourth-order valence-corrected chi connectivity index (χ4v) is 2.67. The zero-order valence-corrected chi connectivity index (χ0v) is 8.50. The van der Waals surface area contributed by atoms with E-state index in [2.05, 4.69) is 18.2 Å². The van der Waals surface area contributed by atoms with Crippen molar-refractivity contribution in [3.63, 3.8) is 0 Å². The van der Waals surface area contributed by atoms with Gasteiger partial charge in [0, 0.05) is 6.04 Å². The number of hydrogen-bond acceptors (Lipinski definition) is 1. The van der Waals surface area contributed by atoms with Gasteiger partial charge in [0.25, 0.3) is 0 Å². The molecule has 1 aromatic carbocycles. The van der Waals surface area contributed by atoms with Gasteiger partial charge < -0.3 is 5.73 Å². The Morgan fingerprint density at radius 1 is 1.21 bits per heavy atom. The lowest BCUT2D eigenvalue weighted by Gasteiger charge is -2.15. The predicted octanol–water partition coefficient (Wildman–Crippen LogP) is 2.59. The highest BCUT2D eigenvalue weighted by Gasteiger charge is 2.31. The van der Waals surface area contributed by atoms with Crippen molar-refractivity contribution in [2.75, 3.05) is 0 Å². The summed E-state index contributed by atoms with van der Waals surface area (Å²) in [7, 11) is 0. The SMILES string of the molecule is NC(c1cccc2c1CCC2)C1CC1. The van der Waals surface area contributed by atoms with Crippen molar-refractivity contribution in [1.82, 2.24) is 0 Å². The summed E-state index contributed by atoms with van der Waals surface area (Å²) in [6, 6.07) is 7.02. The molecule has 14 heavy (non-hydrogen) atoms. The summed E-state index contributed by atoms with van der Waals surface area (Å²) in [5, 5.41) is 0. The molecule has 0 amide bonds. The quantitative estimate of drug-likeness (QED) is 0.756. The van der Waals surface area contributed by atoms with E-state index in [9.17, 15) is 0 Å². The molecule has 0 aromatic heterocycles. The maximum Gasteiger partial charge on any atom is 0.0326 e. The highest BCUT2D eigenvalue weighted by Crippen LogP contribution is 2.41. The lowest BCUT2D eigenvalue weighted by molar-refractivity contribution is 0.627. The third-order valence-corrected chi connectivity index (χ3v) is 3.67. The largest absolute Gasteiger partial charge is 0.324 e. The molecular weight excluding hydrogens is 170 g/mol. The van der Waals surface area contributed by atoms with Crippen LogP contribution in [-0.2, 0) is 12.8 Å². The Labute approximate surface area is 85.3 Å². The van der Waals surface area contributed by atoms with E-state index in [1.165, 1.54) is 37.7 Å². The van der Waals surface area contributed by atoms with Crippen LogP contribution in [0.3, 0.4) is 0 Å². The summed E-state index contributed by atoms with van der Waals surface area (Å²) in [4.78, 5) is 0. The Morgan fingerprint density at radius 3 is 2.86 bits per heavy atom. The number of aryl methyl sites for hydroxylation is 1. The van der Waals surface area contributed by atoms with E-state index in [4.69, 9.17) is 5.73 Å². The average Bonchev–Trinajstić information content (AvgIpc) is 2.94. The maximum absolute atomic E-state index is 6.27. The number of hydrogen-bond donors (Lipinski definition) is 1. The molecule has 0 bridgehead atoms. The van der Waals surface area contributed by atoms with Crippen molar-refractivity contribution in [3.05, 3.63) is 34.9 Å². The van der Waals surface area contributed by atoms with E-state index in [0.717, 1.165) is 5.92 Å². The number of nitrogens with two attached hydrogens (primary N) is 1. The highest BCUT2D eigenvalue weighted by molar-refractivity contribution is 5.40. The van der Waals surface area contributed by atoms with Crippen LogP contribution in [0, 0.1) is 5.92 Å². The van der Waals surface area contributed by atoms with E-state index in [1.54, 1.807) is 11.1 Å². The molecule has 0 aliphatic heterocycles. The first-order chi connectivity index (χ1) is 6.86. The standard InChI is InChI=1S/C13H17N/c14-13(10-7-8-10)12-6-2-4-9-3-1-5-11(9)12/h2,4,6,10,13H,1,3,5,7-8,14H2. The van der Waals surface area contributed by atoms with Crippen LogP contribution in [0.15, 0.2) is 18.2 Å². The van der Waals surface area contributed by atoms with Gasteiger partial charge in [-0.3, -0.25) is 0 Å². The maximum atomic E-state index is 6.27. The molecule has 0 saturated heterocycles. The van der Waals surface area contributed by atoms with Gasteiger partial charge in [0.2, 0.25) is 0 Å². The van der Waals surface area contributed by atoms with Gasteiger partial charge in [0.05, 0.1) is 0 Å². The molecule has 3 rings (SSSR count). The third kappa shape index (κ3) is 1.27. The molecule has 2 aliphatic rings. The summed E-state index contributed by atoms with van der Waals surface area (Å²) in [5.41, 5.74) is 10.9. The van der Waals surface area contributed by atoms with E-state index < -0.39 is 0 Å². The minimum absolute atomic E-state index is 0.322. The zero-order chi connectivity index (χ0) is 9.54. The van der Waals surface area contributed by atoms with E-state index in [-0.39, 0.29) is 0 Å². The van der Waals surface area contributed by atoms with Crippen molar-refractivity contribution in [2.24, 2.45) is 11.7 Å². The van der Waals surface area contributed by atoms with Crippen LogP contribution in [-0.4, -0.2) is 0 Å². The number of fused-ring (bicyclic) bond motifs is 1. The van der Waals surface area contributed by atoms with Gasteiger partial charge in [0.15, 0.2) is 0 Å². The lowest BCUT2D eigenvalue weighted by Crippen LogP contribution is -2.14. The molecule has 1 aromatic rings. The van der Waals surface area contributed by atoms with Crippen LogP contribution in [0.25, 0.3) is 0 Å². The summed E-state index contributed by atoms with van der Waals surface area (Å²) in [6.07, 6.45) is 6.52. The second kappa shape index (κ2) is 3.09. The van der Waals surface area contributed by atoms with Gasteiger partial charge in [-0.1, -0.05) is 18.2 Å². The molecule has 1 saturated carbocycles. The van der Waals surface area contributed by atoms with Crippen LogP contribution >= 0.6 is 0 Å². The van der Waals surface area contributed by atoms with Gasteiger partial charge >= 0.3 is 0 Å². The Balaban J connectivity index is 2.00. The summed E-state index contributed by atoms with van der Waals surface area (Å²) in [6.45, 7) is 0. The van der Waals surface area contributed by atoms with Crippen LogP contribution in [0.1, 0.15) is 42.0 Å². The Bertz CT molecular complexity index is 352. The summed E-state index contributed by atoms with van der Waals surface area (Å²) < 4.78 is 0. The minimum atomic E-state index is 0.322. The molecule has 0 radical (unpaired) electrons. The Morgan fingerprint density at radius 2 is 2.07 bits per heavy atom. The number of benzene rings is 1. The first kappa shape index (κ1) is 8.49. The lowest BCUT2D eigenvalue weighted by atomic mass is 9.95. The fraction of sp³-hybridized carbons (Fsp3) is 0.538. The predicted molar refractivity (Wildman–Crippen MR) is 58.1 cm³/mol. The van der Waals surface area contributed by atoms with Gasteiger partial charge in [-0.05, 0) is 54.7 Å². The molecule has 0 spiro atoms. The van der Waals surface area contributed by atoms with E-state index in [1.807, 2.05) is 0 Å². The molecule has 1 nitrogen and oxygen atoms in total. The highest BCUT2D eigenvalue weighted by atomic mass is 14.7. The van der Waals surface area contributed by atoms with Crippen LogP contribution in [0.5, 0.6) is 0 Å². The molecular formula is C13H17N. The van der Waals surface area contributed by atoms with Crippen molar-refractivity contribution < 1.29 is 0 Å². The first-order valence-electron chi connectivity index (χ1n) is 5.72. The molecule has 1 heteroatoms. The summed E-state index contributed by atoms with van der Waals surface area (Å²) >= 11 is 0. The van der Waals surface area contributed by atoms with Gasteiger partial charge in [-0.2, -0.15) is 0 Å². The molecule has 74 valence electrons. The molecule has 2 aliphatic carbocycles. The van der Waals surface area contributed by atoms with E-state index >= 15 is 0 Å². The van der Waals surface area contributed by atoms with Crippen LogP contribution in [0.2, 0.25) is 0 Å².